The number of hydrogen-bond acceptors (Lipinski definition) is 4. The highest BCUT2D eigenvalue weighted by Crippen LogP contribution is 2.25. The summed E-state index contributed by atoms with van der Waals surface area (Å²) in [6, 6.07) is 22.1. The molecule has 3 aromatic carbocycles. The third-order valence-corrected chi connectivity index (χ3v) is 9.22. The van der Waals surface area contributed by atoms with Crippen LogP contribution in [0.2, 0.25) is 10.0 Å². The van der Waals surface area contributed by atoms with Crippen molar-refractivity contribution >= 4 is 45.0 Å². The molecule has 0 aliphatic heterocycles. The summed E-state index contributed by atoms with van der Waals surface area (Å²) in [6.45, 7) is 4.77. The standard InChI is InChI=1S/C31H37Cl2N3O4S/c1-23(2)21-34-31(38)29(20-24-11-6-4-7-12-24)36(22-25-16-17-27(32)28(33)19-25)30(37)15-10-18-35(3)41(39,40)26-13-8-5-9-14-26/h4-9,11-14,16-17,19,23,29H,10,15,18,20-22H2,1-3H3,(H,34,38)/t29-/m1/s1. The van der Waals surface area contributed by atoms with E-state index in [9.17, 15) is 18.0 Å². The van der Waals surface area contributed by atoms with E-state index in [-0.39, 0.29) is 48.6 Å². The first kappa shape index (κ1) is 32.6. The number of nitrogens with one attached hydrogen (secondary N) is 1. The van der Waals surface area contributed by atoms with Gasteiger partial charge in [0.15, 0.2) is 0 Å². The zero-order valence-electron chi connectivity index (χ0n) is 23.6. The molecule has 0 saturated heterocycles. The highest BCUT2D eigenvalue weighted by molar-refractivity contribution is 7.89. The molecule has 10 heteroatoms. The van der Waals surface area contributed by atoms with E-state index in [1.54, 1.807) is 53.4 Å². The van der Waals surface area contributed by atoms with Gasteiger partial charge in [-0.2, -0.15) is 0 Å². The van der Waals surface area contributed by atoms with Crippen LogP contribution in [-0.4, -0.2) is 55.6 Å². The summed E-state index contributed by atoms with van der Waals surface area (Å²) in [5.74, 6) is -0.278. The lowest BCUT2D eigenvalue weighted by Gasteiger charge is -2.32. The predicted octanol–water partition coefficient (Wildman–Crippen LogP) is 5.81. The molecule has 2 amide bonds. The molecule has 0 bridgehead atoms. The molecule has 220 valence electrons. The van der Waals surface area contributed by atoms with Crippen molar-refractivity contribution in [2.24, 2.45) is 5.92 Å². The van der Waals surface area contributed by atoms with E-state index in [4.69, 9.17) is 23.2 Å². The van der Waals surface area contributed by atoms with Gasteiger partial charge in [-0.15, -0.1) is 0 Å². The Morgan fingerprint density at radius 3 is 2.12 bits per heavy atom. The fraction of sp³-hybridized carbons (Fsp3) is 0.355. The number of amides is 2. The van der Waals surface area contributed by atoms with Gasteiger partial charge in [-0.3, -0.25) is 9.59 Å². The number of benzene rings is 3. The number of hydrogen-bond donors (Lipinski definition) is 1. The first-order valence-corrected chi connectivity index (χ1v) is 15.7. The molecule has 7 nitrogen and oxygen atoms in total. The van der Waals surface area contributed by atoms with Crippen LogP contribution in [0, 0.1) is 5.92 Å². The molecule has 0 aliphatic carbocycles. The lowest BCUT2D eigenvalue weighted by atomic mass is 10.0. The summed E-state index contributed by atoms with van der Waals surface area (Å²) >= 11 is 12.4. The van der Waals surface area contributed by atoms with Crippen molar-refractivity contribution in [2.45, 2.75) is 50.6 Å². The number of rotatable bonds is 14. The number of nitrogens with zero attached hydrogens (tertiary/aromatic N) is 2. The average Bonchev–Trinajstić information content (AvgIpc) is 2.96. The van der Waals surface area contributed by atoms with Gasteiger partial charge in [0.2, 0.25) is 21.8 Å². The monoisotopic (exact) mass is 617 g/mol. The van der Waals surface area contributed by atoms with E-state index in [1.165, 1.54) is 11.4 Å². The van der Waals surface area contributed by atoms with E-state index in [2.05, 4.69) is 5.32 Å². The van der Waals surface area contributed by atoms with Crippen LogP contribution in [0.1, 0.15) is 37.8 Å². The van der Waals surface area contributed by atoms with Crippen LogP contribution in [0.5, 0.6) is 0 Å². The SMILES string of the molecule is CC(C)CNC(=O)[C@@H](Cc1ccccc1)N(Cc1ccc(Cl)c(Cl)c1)C(=O)CCCN(C)S(=O)(=O)c1ccccc1. The maximum Gasteiger partial charge on any atom is 0.243 e. The molecule has 1 N–H and O–H groups in total. The van der Waals surface area contributed by atoms with Crippen LogP contribution in [0.15, 0.2) is 83.8 Å². The van der Waals surface area contributed by atoms with Crippen molar-refractivity contribution < 1.29 is 18.0 Å². The quantitative estimate of drug-likeness (QED) is 0.247. The van der Waals surface area contributed by atoms with E-state index in [1.807, 2.05) is 44.2 Å². The van der Waals surface area contributed by atoms with E-state index >= 15 is 0 Å². The van der Waals surface area contributed by atoms with Gasteiger partial charge in [-0.05, 0) is 47.7 Å². The van der Waals surface area contributed by atoms with Crippen molar-refractivity contribution in [3.05, 3.63) is 100 Å². The van der Waals surface area contributed by atoms with Crippen molar-refractivity contribution in [3.8, 4) is 0 Å². The van der Waals surface area contributed by atoms with Gasteiger partial charge in [-0.25, -0.2) is 12.7 Å². The fourth-order valence-electron chi connectivity index (χ4n) is 4.30. The Bertz CT molecular complexity index is 1400. The van der Waals surface area contributed by atoms with Gasteiger partial charge < -0.3 is 10.2 Å². The lowest BCUT2D eigenvalue weighted by Crippen LogP contribution is -2.51. The number of carbonyl (C=O) groups is 2. The molecule has 41 heavy (non-hydrogen) atoms. The van der Waals surface area contributed by atoms with Crippen LogP contribution in [-0.2, 0) is 32.6 Å². The summed E-state index contributed by atoms with van der Waals surface area (Å²) in [7, 11) is -2.19. The molecule has 1 atom stereocenters. The third-order valence-electron chi connectivity index (χ3n) is 6.61. The van der Waals surface area contributed by atoms with Gasteiger partial charge >= 0.3 is 0 Å². The molecular formula is C31H37Cl2N3O4S. The van der Waals surface area contributed by atoms with Crippen LogP contribution in [0.25, 0.3) is 0 Å². The molecule has 0 heterocycles. The van der Waals surface area contributed by atoms with Gasteiger partial charge in [-0.1, -0.05) is 91.6 Å². The minimum atomic E-state index is -3.68. The summed E-state index contributed by atoms with van der Waals surface area (Å²) < 4.78 is 27.1. The molecular weight excluding hydrogens is 581 g/mol. The highest BCUT2D eigenvalue weighted by Gasteiger charge is 2.30. The molecule has 3 rings (SSSR count). The van der Waals surface area contributed by atoms with E-state index < -0.39 is 16.1 Å². The van der Waals surface area contributed by atoms with E-state index in [0.717, 1.165) is 11.1 Å². The minimum Gasteiger partial charge on any atom is -0.354 e. The van der Waals surface area contributed by atoms with E-state index in [0.29, 0.717) is 23.0 Å². The molecule has 0 aromatic heterocycles. The maximum atomic E-state index is 13.8. The number of sulfonamides is 1. The Morgan fingerprint density at radius 2 is 1.51 bits per heavy atom. The topological polar surface area (TPSA) is 86.8 Å². The molecule has 3 aromatic rings. The Labute approximate surface area is 253 Å². The summed E-state index contributed by atoms with van der Waals surface area (Å²) in [5.41, 5.74) is 1.64. The Hall–Kier alpha value is -2.91. The van der Waals surface area contributed by atoms with Crippen molar-refractivity contribution in [1.82, 2.24) is 14.5 Å². The normalized spacial score (nSPS) is 12.4. The zero-order valence-corrected chi connectivity index (χ0v) is 25.9. The largest absolute Gasteiger partial charge is 0.354 e. The average molecular weight is 619 g/mol. The Kier molecular flexibility index (Phi) is 12.2. The zero-order chi connectivity index (χ0) is 30.0. The molecule has 0 saturated carbocycles. The third kappa shape index (κ3) is 9.57. The van der Waals surface area contributed by atoms with Crippen molar-refractivity contribution in [1.29, 1.82) is 0 Å². The van der Waals surface area contributed by atoms with Gasteiger partial charge in [0, 0.05) is 39.5 Å². The Morgan fingerprint density at radius 1 is 0.878 bits per heavy atom. The minimum absolute atomic E-state index is 0.0543. The predicted molar refractivity (Wildman–Crippen MR) is 164 cm³/mol. The first-order chi connectivity index (χ1) is 19.5. The van der Waals surface area contributed by atoms with Crippen molar-refractivity contribution in [2.75, 3.05) is 20.1 Å². The molecule has 0 fully saturated rings. The van der Waals surface area contributed by atoms with Gasteiger partial charge in [0.25, 0.3) is 0 Å². The molecule has 0 radical (unpaired) electrons. The van der Waals surface area contributed by atoms with Crippen LogP contribution < -0.4 is 5.32 Å². The second kappa shape index (κ2) is 15.4. The number of halogens is 2. The molecule has 0 unspecified atom stereocenters. The lowest BCUT2D eigenvalue weighted by molar-refractivity contribution is -0.141. The van der Waals surface area contributed by atoms with Crippen LogP contribution in [0.3, 0.4) is 0 Å². The maximum absolute atomic E-state index is 13.8. The van der Waals surface area contributed by atoms with Crippen LogP contribution in [0.4, 0.5) is 0 Å². The second-order valence-electron chi connectivity index (χ2n) is 10.4. The summed E-state index contributed by atoms with van der Waals surface area (Å²) in [5, 5.41) is 3.74. The number of carbonyl (C=O) groups excluding carboxylic acids is 2. The van der Waals surface area contributed by atoms with Crippen LogP contribution >= 0.6 is 23.2 Å². The van der Waals surface area contributed by atoms with Gasteiger partial charge in [0.05, 0.1) is 14.9 Å². The Balaban J connectivity index is 1.84. The smallest absolute Gasteiger partial charge is 0.243 e. The summed E-state index contributed by atoms with van der Waals surface area (Å²) in [4.78, 5) is 29.1. The van der Waals surface area contributed by atoms with Crippen molar-refractivity contribution in [3.63, 3.8) is 0 Å². The van der Waals surface area contributed by atoms with Gasteiger partial charge in [0.1, 0.15) is 6.04 Å². The fourth-order valence-corrected chi connectivity index (χ4v) is 5.85. The second-order valence-corrected chi connectivity index (χ2v) is 13.2. The molecule has 0 spiro atoms. The first-order valence-electron chi connectivity index (χ1n) is 13.6. The molecule has 0 aliphatic rings. The summed E-state index contributed by atoms with van der Waals surface area (Å²) in [6.07, 6.45) is 0.657. The highest BCUT2D eigenvalue weighted by atomic mass is 35.5.